The molecule has 1 aromatic carbocycles. The van der Waals surface area contributed by atoms with Gasteiger partial charge >= 0.3 is 0 Å². The molecular weight excluding hydrogens is 350 g/mol. The zero-order chi connectivity index (χ0) is 18.8. The molecule has 1 saturated heterocycles. The Morgan fingerprint density at radius 3 is 2.73 bits per heavy atom. The van der Waals surface area contributed by atoms with E-state index < -0.39 is 0 Å². The number of hydrogen-bond donors (Lipinski definition) is 3. The summed E-state index contributed by atoms with van der Waals surface area (Å²) in [7, 11) is 1.77. The van der Waals surface area contributed by atoms with Gasteiger partial charge in [0.1, 0.15) is 0 Å². The van der Waals surface area contributed by atoms with Gasteiger partial charge in [-0.3, -0.25) is 9.79 Å². The van der Waals surface area contributed by atoms with Crippen molar-refractivity contribution in [3.05, 3.63) is 34.9 Å². The van der Waals surface area contributed by atoms with Crippen LogP contribution in [0.1, 0.15) is 31.2 Å². The van der Waals surface area contributed by atoms with Gasteiger partial charge in [0.2, 0.25) is 5.91 Å². The highest BCUT2D eigenvalue weighted by atomic mass is 35.5. The lowest BCUT2D eigenvalue weighted by molar-refractivity contribution is -0.123. The Morgan fingerprint density at radius 2 is 2.08 bits per heavy atom. The van der Waals surface area contributed by atoms with E-state index in [9.17, 15) is 4.79 Å². The number of carbonyl (C=O) groups excluding carboxylic acids is 1. The number of nitrogens with one attached hydrogen (secondary N) is 2. The molecule has 1 aliphatic rings. The van der Waals surface area contributed by atoms with Crippen LogP contribution in [0, 0.1) is 5.92 Å². The third-order valence-corrected chi connectivity index (χ3v) is 4.99. The van der Waals surface area contributed by atoms with E-state index in [1.165, 1.54) is 0 Å². The van der Waals surface area contributed by atoms with Gasteiger partial charge in [0, 0.05) is 31.1 Å². The summed E-state index contributed by atoms with van der Waals surface area (Å²) in [5.41, 5.74) is 6.50. The van der Waals surface area contributed by atoms with E-state index >= 15 is 0 Å². The summed E-state index contributed by atoms with van der Waals surface area (Å²) in [6.07, 6.45) is 3.99. The number of nitrogens with two attached hydrogens (primary N) is 1. The van der Waals surface area contributed by atoms with Gasteiger partial charge in [-0.15, -0.1) is 0 Å². The molecule has 0 radical (unpaired) electrons. The summed E-state index contributed by atoms with van der Waals surface area (Å²) in [4.78, 5) is 17.9. The number of amides is 1. The number of rotatable bonds is 8. The zero-order valence-electron chi connectivity index (χ0n) is 15.5. The molecule has 0 saturated carbocycles. The van der Waals surface area contributed by atoms with Gasteiger partial charge in [-0.2, -0.15) is 0 Å². The number of unbranched alkanes of at least 4 members (excludes halogenated alkanes) is 1. The lowest BCUT2D eigenvalue weighted by Gasteiger charge is -2.30. The molecule has 0 atom stereocenters. The molecule has 1 aromatic rings. The fourth-order valence-electron chi connectivity index (χ4n) is 3.16. The van der Waals surface area contributed by atoms with Crippen molar-refractivity contribution in [1.29, 1.82) is 0 Å². The van der Waals surface area contributed by atoms with Gasteiger partial charge in [0.05, 0.1) is 0 Å². The number of likely N-dealkylation sites (tertiary alicyclic amines) is 1. The Labute approximate surface area is 161 Å². The first kappa shape index (κ1) is 20.5. The number of hydrogen-bond acceptors (Lipinski definition) is 3. The van der Waals surface area contributed by atoms with Gasteiger partial charge in [-0.05, 0) is 63.0 Å². The second-order valence-electron chi connectivity index (χ2n) is 6.71. The van der Waals surface area contributed by atoms with Crippen LogP contribution in [-0.4, -0.2) is 50.0 Å². The molecular formula is C19H30ClN5O. The van der Waals surface area contributed by atoms with Crippen LogP contribution in [0.3, 0.4) is 0 Å². The van der Waals surface area contributed by atoms with Gasteiger partial charge in [-0.1, -0.05) is 23.7 Å². The van der Waals surface area contributed by atoms with Gasteiger partial charge in [0.15, 0.2) is 5.96 Å². The standard InChI is InChI=1S/C19H30ClN5O/c1-22-19(24-14-15-5-4-6-17(20)13-15)23-9-2-3-10-25-11-7-16(8-12-25)18(21)26/h4-6,13,16H,2-3,7-12,14H2,1H3,(H2,21,26)(H2,22,23,24). The van der Waals surface area contributed by atoms with Crippen LogP contribution in [-0.2, 0) is 11.3 Å². The van der Waals surface area contributed by atoms with Crippen molar-refractivity contribution in [2.24, 2.45) is 16.6 Å². The first-order chi connectivity index (χ1) is 12.6. The molecule has 2 rings (SSSR count). The molecule has 26 heavy (non-hydrogen) atoms. The lowest BCUT2D eigenvalue weighted by Crippen LogP contribution is -2.39. The zero-order valence-corrected chi connectivity index (χ0v) is 16.3. The summed E-state index contributed by atoms with van der Waals surface area (Å²) in [6.45, 7) is 4.59. The Kier molecular flexibility index (Phi) is 8.71. The second-order valence-corrected chi connectivity index (χ2v) is 7.14. The number of nitrogens with zero attached hydrogens (tertiary/aromatic N) is 2. The van der Waals surface area contributed by atoms with E-state index in [1.54, 1.807) is 7.05 Å². The fourth-order valence-corrected chi connectivity index (χ4v) is 3.37. The summed E-state index contributed by atoms with van der Waals surface area (Å²) in [5, 5.41) is 7.38. The van der Waals surface area contributed by atoms with Crippen LogP contribution in [0.4, 0.5) is 0 Å². The maximum Gasteiger partial charge on any atom is 0.220 e. The topological polar surface area (TPSA) is 82.8 Å². The molecule has 0 aliphatic carbocycles. The Bertz CT molecular complexity index is 599. The van der Waals surface area contributed by atoms with E-state index in [2.05, 4.69) is 20.5 Å². The molecule has 144 valence electrons. The van der Waals surface area contributed by atoms with Crippen molar-refractivity contribution in [3.63, 3.8) is 0 Å². The van der Waals surface area contributed by atoms with Gasteiger partial charge in [-0.25, -0.2) is 0 Å². The predicted octanol–water partition coefficient (Wildman–Crippen LogP) is 1.98. The Hall–Kier alpha value is -1.79. The monoisotopic (exact) mass is 379 g/mol. The number of guanidine groups is 1. The average Bonchev–Trinajstić information content (AvgIpc) is 2.64. The van der Waals surface area contributed by atoms with Gasteiger partial charge < -0.3 is 21.3 Å². The first-order valence-corrected chi connectivity index (χ1v) is 9.67. The number of halogens is 1. The highest BCUT2D eigenvalue weighted by Gasteiger charge is 2.22. The minimum Gasteiger partial charge on any atom is -0.369 e. The molecule has 0 bridgehead atoms. The molecule has 1 fully saturated rings. The smallest absolute Gasteiger partial charge is 0.220 e. The second kappa shape index (κ2) is 11.0. The Balaban J connectivity index is 1.56. The van der Waals surface area contributed by atoms with E-state index in [-0.39, 0.29) is 11.8 Å². The lowest BCUT2D eigenvalue weighted by atomic mass is 9.96. The molecule has 6 nitrogen and oxygen atoms in total. The molecule has 0 unspecified atom stereocenters. The van der Waals surface area contributed by atoms with Crippen LogP contribution in [0.25, 0.3) is 0 Å². The Morgan fingerprint density at radius 1 is 1.31 bits per heavy atom. The summed E-state index contributed by atoms with van der Waals surface area (Å²) < 4.78 is 0. The third kappa shape index (κ3) is 7.22. The number of piperidine rings is 1. The van der Waals surface area contributed by atoms with Crippen LogP contribution < -0.4 is 16.4 Å². The quantitative estimate of drug-likeness (QED) is 0.366. The molecule has 1 heterocycles. The summed E-state index contributed by atoms with van der Waals surface area (Å²) in [5.74, 6) is 0.722. The van der Waals surface area contributed by atoms with Crippen molar-refractivity contribution in [3.8, 4) is 0 Å². The molecule has 7 heteroatoms. The predicted molar refractivity (Wildman–Crippen MR) is 107 cm³/mol. The van der Waals surface area contributed by atoms with Crippen LogP contribution in [0.5, 0.6) is 0 Å². The number of carbonyl (C=O) groups is 1. The van der Waals surface area contributed by atoms with E-state index in [1.807, 2.05) is 24.3 Å². The minimum atomic E-state index is -0.148. The first-order valence-electron chi connectivity index (χ1n) is 9.29. The summed E-state index contributed by atoms with van der Waals surface area (Å²) >= 11 is 6.00. The number of primary amides is 1. The maximum atomic E-state index is 11.2. The average molecular weight is 380 g/mol. The molecule has 4 N–H and O–H groups in total. The van der Waals surface area contributed by atoms with E-state index in [0.717, 1.165) is 68.4 Å². The van der Waals surface area contributed by atoms with Crippen molar-refractivity contribution in [2.45, 2.75) is 32.2 Å². The summed E-state index contributed by atoms with van der Waals surface area (Å²) in [6, 6.07) is 7.80. The third-order valence-electron chi connectivity index (χ3n) is 4.76. The maximum absolute atomic E-state index is 11.2. The van der Waals surface area contributed by atoms with E-state index in [0.29, 0.717) is 6.54 Å². The number of aliphatic imine (C=N–C) groups is 1. The largest absolute Gasteiger partial charge is 0.369 e. The highest BCUT2D eigenvalue weighted by Crippen LogP contribution is 2.16. The highest BCUT2D eigenvalue weighted by molar-refractivity contribution is 6.30. The van der Waals surface area contributed by atoms with Crippen LogP contribution >= 0.6 is 11.6 Å². The molecule has 0 aromatic heterocycles. The molecule has 1 aliphatic heterocycles. The van der Waals surface area contributed by atoms with Crippen molar-refractivity contribution in [2.75, 3.05) is 33.2 Å². The molecule has 1 amide bonds. The minimum absolute atomic E-state index is 0.0711. The van der Waals surface area contributed by atoms with Crippen LogP contribution in [0.2, 0.25) is 5.02 Å². The van der Waals surface area contributed by atoms with Crippen LogP contribution in [0.15, 0.2) is 29.3 Å². The molecule has 0 spiro atoms. The van der Waals surface area contributed by atoms with E-state index in [4.69, 9.17) is 17.3 Å². The van der Waals surface area contributed by atoms with Crippen molar-refractivity contribution < 1.29 is 4.79 Å². The SMILES string of the molecule is CN=C(NCCCCN1CCC(C(N)=O)CC1)NCc1cccc(Cl)c1. The normalized spacial score (nSPS) is 16.5. The number of benzene rings is 1. The fraction of sp³-hybridized carbons (Fsp3) is 0.579. The van der Waals surface area contributed by atoms with Crippen molar-refractivity contribution in [1.82, 2.24) is 15.5 Å². The van der Waals surface area contributed by atoms with Crippen molar-refractivity contribution >= 4 is 23.5 Å². The van der Waals surface area contributed by atoms with Gasteiger partial charge in [0.25, 0.3) is 0 Å².